The summed E-state index contributed by atoms with van der Waals surface area (Å²) < 4.78 is 14.4. The van der Waals surface area contributed by atoms with Crippen LogP contribution in [0.15, 0.2) is 30.4 Å². The van der Waals surface area contributed by atoms with Gasteiger partial charge in [-0.1, -0.05) is 18.2 Å². The lowest BCUT2D eigenvalue weighted by Gasteiger charge is -2.02. The quantitative estimate of drug-likeness (QED) is 0.666. The first-order valence-corrected chi connectivity index (χ1v) is 6.82. The highest BCUT2D eigenvalue weighted by Gasteiger charge is 2.17. The zero-order valence-corrected chi connectivity index (χ0v) is 11.4. The van der Waals surface area contributed by atoms with Crippen molar-refractivity contribution in [1.82, 2.24) is 5.32 Å². The molecule has 1 aromatic heterocycles. The van der Waals surface area contributed by atoms with Crippen molar-refractivity contribution >= 4 is 33.0 Å². The van der Waals surface area contributed by atoms with Gasteiger partial charge in [0.2, 0.25) is 0 Å². The van der Waals surface area contributed by atoms with Crippen LogP contribution in [0.3, 0.4) is 0 Å². The number of amides is 1. The third-order valence-corrected chi connectivity index (χ3v) is 3.91. The number of carbonyl (C=O) groups is 1. The van der Waals surface area contributed by atoms with Crippen LogP contribution in [0.4, 0.5) is 10.1 Å². The Morgan fingerprint density at radius 3 is 3.00 bits per heavy atom. The summed E-state index contributed by atoms with van der Waals surface area (Å²) in [7, 11) is 0. The van der Waals surface area contributed by atoms with Gasteiger partial charge in [-0.05, 0) is 25.5 Å². The predicted octanol–water partition coefficient (Wildman–Crippen LogP) is 3.32. The minimum Gasteiger partial charge on any atom is -0.397 e. The van der Waals surface area contributed by atoms with E-state index in [1.54, 1.807) is 12.1 Å². The zero-order chi connectivity index (χ0) is 13.8. The van der Waals surface area contributed by atoms with Crippen molar-refractivity contribution in [3.8, 4) is 0 Å². The highest BCUT2D eigenvalue weighted by molar-refractivity contribution is 7.21. The lowest BCUT2D eigenvalue weighted by molar-refractivity contribution is 0.0959. The molecule has 0 radical (unpaired) electrons. The van der Waals surface area contributed by atoms with Gasteiger partial charge < -0.3 is 11.1 Å². The van der Waals surface area contributed by atoms with E-state index in [2.05, 4.69) is 5.32 Å². The lowest BCUT2D eigenvalue weighted by Crippen LogP contribution is -2.23. The normalized spacial score (nSPS) is 11.3. The largest absolute Gasteiger partial charge is 0.397 e. The number of hydrogen-bond donors (Lipinski definition) is 2. The number of nitrogen functional groups attached to an aromatic ring is 1. The van der Waals surface area contributed by atoms with Gasteiger partial charge in [0.15, 0.2) is 0 Å². The van der Waals surface area contributed by atoms with E-state index in [4.69, 9.17) is 5.73 Å². The predicted molar refractivity (Wildman–Crippen MR) is 78.0 cm³/mol. The number of allylic oxidation sites excluding steroid dienone is 1. The molecule has 0 bridgehead atoms. The topological polar surface area (TPSA) is 55.1 Å². The van der Waals surface area contributed by atoms with Crippen molar-refractivity contribution in [2.24, 2.45) is 0 Å². The number of thiophene rings is 1. The van der Waals surface area contributed by atoms with E-state index in [1.807, 2.05) is 19.1 Å². The number of anilines is 1. The molecule has 5 heteroatoms. The molecule has 0 atom stereocenters. The molecule has 1 aromatic carbocycles. The Labute approximate surface area is 114 Å². The van der Waals surface area contributed by atoms with Gasteiger partial charge >= 0.3 is 0 Å². The molecule has 0 unspecified atom stereocenters. The molecule has 1 heterocycles. The third-order valence-electron chi connectivity index (χ3n) is 2.74. The maximum atomic E-state index is 13.7. The van der Waals surface area contributed by atoms with Crippen LogP contribution < -0.4 is 11.1 Å². The molecule has 0 aliphatic heterocycles. The summed E-state index contributed by atoms with van der Waals surface area (Å²) in [4.78, 5) is 12.4. The molecule has 3 N–H and O–H groups in total. The minimum atomic E-state index is -0.390. The molecule has 2 rings (SSSR count). The number of nitrogens with one attached hydrogen (secondary N) is 1. The lowest BCUT2D eigenvalue weighted by atomic mass is 10.2. The van der Waals surface area contributed by atoms with Gasteiger partial charge in [0.05, 0.1) is 11.1 Å². The first-order chi connectivity index (χ1) is 9.15. The Kier molecular flexibility index (Phi) is 4.16. The van der Waals surface area contributed by atoms with E-state index >= 15 is 0 Å². The second-order valence-corrected chi connectivity index (χ2v) is 5.12. The maximum absolute atomic E-state index is 13.7. The van der Waals surface area contributed by atoms with Crippen molar-refractivity contribution in [3.05, 3.63) is 41.0 Å². The van der Waals surface area contributed by atoms with Gasteiger partial charge in [0.25, 0.3) is 5.91 Å². The van der Waals surface area contributed by atoms with E-state index < -0.39 is 0 Å². The number of hydrogen-bond acceptors (Lipinski definition) is 3. The van der Waals surface area contributed by atoms with E-state index in [1.165, 1.54) is 17.4 Å². The van der Waals surface area contributed by atoms with Gasteiger partial charge in [-0.15, -0.1) is 11.3 Å². The molecule has 0 saturated carbocycles. The molecule has 1 amide bonds. The average molecular weight is 278 g/mol. The zero-order valence-electron chi connectivity index (χ0n) is 10.6. The van der Waals surface area contributed by atoms with Crippen LogP contribution in [0.1, 0.15) is 23.0 Å². The molecular formula is C14H15FN2OS. The Morgan fingerprint density at radius 1 is 1.53 bits per heavy atom. The summed E-state index contributed by atoms with van der Waals surface area (Å²) in [5.74, 6) is -0.637. The molecule has 0 aliphatic carbocycles. The first-order valence-electron chi connectivity index (χ1n) is 6.01. The molecule has 100 valence electrons. The summed E-state index contributed by atoms with van der Waals surface area (Å²) in [5, 5.41) is 3.11. The summed E-state index contributed by atoms with van der Waals surface area (Å²) in [6, 6.07) is 4.72. The summed E-state index contributed by atoms with van der Waals surface area (Å²) in [5.41, 5.74) is 6.09. The summed E-state index contributed by atoms with van der Waals surface area (Å²) in [6.45, 7) is 2.47. The number of fused-ring (bicyclic) bond motifs is 1. The highest BCUT2D eigenvalue weighted by atomic mass is 32.1. The molecule has 0 aliphatic rings. The van der Waals surface area contributed by atoms with E-state index in [0.717, 1.165) is 6.42 Å². The van der Waals surface area contributed by atoms with Crippen LogP contribution in [-0.2, 0) is 0 Å². The summed E-state index contributed by atoms with van der Waals surface area (Å²) in [6.07, 6.45) is 4.66. The standard InChI is InChI=1S/C14H15FN2OS/c1-2-3-4-8-17-14(18)13-12(16)11-9(15)6-5-7-10(11)19-13/h2-3,5-7H,4,8,16H2,1H3,(H,17,18)/b3-2+. The van der Waals surface area contributed by atoms with Crippen molar-refractivity contribution in [1.29, 1.82) is 0 Å². The van der Waals surface area contributed by atoms with Crippen LogP contribution >= 0.6 is 11.3 Å². The molecule has 19 heavy (non-hydrogen) atoms. The molecule has 0 saturated heterocycles. The van der Waals surface area contributed by atoms with E-state index in [0.29, 0.717) is 21.5 Å². The number of rotatable bonds is 4. The number of benzene rings is 1. The second-order valence-electron chi connectivity index (χ2n) is 4.07. The van der Waals surface area contributed by atoms with Gasteiger partial charge in [-0.3, -0.25) is 4.79 Å². The first kappa shape index (κ1) is 13.5. The molecule has 3 nitrogen and oxygen atoms in total. The van der Waals surface area contributed by atoms with Gasteiger partial charge in [-0.25, -0.2) is 4.39 Å². The molecule has 0 fully saturated rings. The molecule has 0 spiro atoms. The maximum Gasteiger partial charge on any atom is 0.263 e. The fourth-order valence-electron chi connectivity index (χ4n) is 1.81. The minimum absolute atomic E-state index is 0.224. The van der Waals surface area contributed by atoms with E-state index in [9.17, 15) is 9.18 Å². The van der Waals surface area contributed by atoms with Crippen molar-refractivity contribution < 1.29 is 9.18 Å². The fraction of sp³-hybridized carbons (Fsp3) is 0.214. The summed E-state index contributed by atoms with van der Waals surface area (Å²) >= 11 is 1.21. The molecular weight excluding hydrogens is 263 g/mol. The molecule has 2 aromatic rings. The Morgan fingerprint density at radius 2 is 2.32 bits per heavy atom. The van der Waals surface area contributed by atoms with Gasteiger partial charge in [0.1, 0.15) is 10.7 Å². The van der Waals surface area contributed by atoms with Crippen LogP contribution in [-0.4, -0.2) is 12.5 Å². The fourth-order valence-corrected chi connectivity index (χ4v) is 2.87. The smallest absolute Gasteiger partial charge is 0.263 e. The Bertz CT molecular complexity index is 634. The SMILES string of the molecule is C/C=C/CCNC(=O)c1sc2cccc(F)c2c1N. The second kappa shape index (κ2) is 5.84. The number of nitrogens with two attached hydrogens (primary N) is 1. The highest BCUT2D eigenvalue weighted by Crippen LogP contribution is 2.35. The number of halogens is 1. The van der Waals surface area contributed by atoms with Crippen LogP contribution in [0.25, 0.3) is 10.1 Å². The third kappa shape index (κ3) is 2.76. The van der Waals surface area contributed by atoms with Crippen molar-refractivity contribution in [2.45, 2.75) is 13.3 Å². The van der Waals surface area contributed by atoms with Crippen LogP contribution in [0.2, 0.25) is 0 Å². The van der Waals surface area contributed by atoms with E-state index in [-0.39, 0.29) is 17.4 Å². The van der Waals surface area contributed by atoms with Crippen molar-refractivity contribution in [3.63, 3.8) is 0 Å². The van der Waals surface area contributed by atoms with Gasteiger partial charge in [0, 0.05) is 11.2 Å². The number of carbonyl (C=O) groups excluding carboxylic acids is 1. The van der Waals surface area contributed by atoms with Crippen LogP contribution in [0.5, 0.6) is 0 Å². The monoisotopic (exact) mass is 278 g/mol. The average Bonchev–Trinajstić information content (AvgIpc) is 2.73. The van der Waals surface area contributed by atoms with Crippen molar-refractivity contribution in [2.75, 3.05) is 12.3 Å². The van der Waals surface area contributed by atoms with Gasteiger partial charge in [-0.2, -0.15) is 0 Å². The van der Waals surface area contributed by atoms with Crippen LogP contribution in [0, 0.1) is 5.82 Å². The Balaban J connectivity index is 2.23. The Hall–Kier alpha value is -1.88.